The van der Waals surface area contributed by atoms with Crippen molar-refractivity contribution in [3.05, 3.63) is 24.2 Å². The monoisotopic (exact) mass is 296 g/mol. The fourth-order valence-corrected chi connectivity index (χ4v) is 2.52. The van der Waals surface area contributed by atoms with E-state index in [9.17, 15) is 14.7 Å². The third kappa shape index (κ3) is 3.83. The van der Waals surface area contributed by atoms with Crippen LogP contribution in [0.4, 0.5) is 0 Å². The van der Waals surface area contributed by atoms with E-state index in [0.29, 0.717) is 25.1 Å². The number of aliphatic hydroxyl groups excluding tert-OH is 1. The maximum Gasteiger partial charge on any atom is 0.257 e. The lowest BCUT2D eigenvalue weighted by Gasteiger charge is -2.38. The van der Waals surface area contributed by atoms with Gasteiger partial charge in [0.25, 0.3) is 5.91 Å². The Bertz CT molecular complexity index is 474. The summed E-state index contributed by atoms with van der Waals surface area (Å²) in [6.45, 7) is 0.854. The molecule has 0 aromatic carbocycles. The highest BCUT2D eigenvalue weighted by Gasteiger charge is 2.32. The Morgan fingerprint density at radius 3 is 3.00 bits per heavy atom. The number of piperidine rings is 1. The van der Waals surface area contributed by atoms with Gasteiger partial charge >= 0.3 is 0 Å². The van der Waals surface area contributed by atoms with Crippen LogP contribution in [-0.2, 0) is 9.53 Å². The Morgan fingerprint density at radius 1 is 1.57 bits per heavy atom. The molecule has 21 heavy (non-hydrogen) atoms. The normalized spacial score (nSPS) is 22.1. The summed E-state index contributed by atoms with van der Waals surface area (Å²) < 4.78 is 9.70. The van der Waals surface area contributed by atoms with Crippen molar-refractivity contribution in [2.24, 2.45) is 5.92 Å². The van der Waals surface area contributed by atoms with Crippen molar-refractivity contribution in [3.8, 4) is 0 Å². The molecule has 7 nitrogen and oxygen atoms in total. The van der Waals surface area contributed by atoms with Crippen LogP contribution >= 0.6 is 0 Å². The van der Waals surface area contributed by atoms with Crippen LogP contribution in [0.3, 0.4) is 0 Å². The third-order valence-corrected chi connectivity index (χ3v) is 3.67. The number of likely N-dealkylation sites (tertiary alicyclic amines) is 1. The number of hydrogen-bond acceptors (Lipinski definition) is 5. The summed E-state index contributed by atoms with van der Waals surface area (Å²) in [5.41, 5.74) is 0.486. The Labute approximate surface area is 122 Å². The van der Waals surface area contributed by atoms with Gasteiger partial charge in [0.15, 0.2) is 0 Å². The summed E-state index contributed by atoms with van der Waals surface area (Å²) in [6, 6.07) is 1.33. The third-order valence-electron chi connectivity index (χ3n) is 3.67. The summed E-state index contributed by atoms with van der Waals surface area (Å²) in [6.07, 6.45) is 3.49. The summed E-state index contributed by atoms with van der Waals surface area (Å²) in [7, 11) is 1.44. The van der Waals surface area contributed by atoms with Gasteiger partial charge < -0.3 is 24.5 Å². The molecule has 0 unspecified atom stereocenters. The van der Waals surface area contributed by atoms with Crippen LogP contribution in [0.5, 0.6) is 0 Å². The number of ether oxygens (including phenoxy) is 1. The van der Waals surface area contributed by atoms with E-state index < -0.39 is 0 Å². The van der Waals surface area contributed by atoms with Crippen LogP contribution in [0.2, 0.25) is 0 Å². The first-order valence-corrected chi connectivity index (χ1v) is 6.86. The van der Waals surface area contributed by atoms with E-state index in [1.807, 2.05) is 0 Å². The molecule has 7 heteroatoms. The highest BCUT2D eigenvalue weighted by Crippen LogP contribution is 2.19. The van der Waals surface area contributed by atoms with E-state index >= 15 is 0 Å². The van der Waals surface area contributed by atoms with E-state index in [1.54, 1.807) is 11.0 Å². The average Bonchev–Trinajstić information content (AvgIpc) is 3.01. The smallest absolute Gasteiger partial charge is 0.257 e. The summed E-state index contributed by atoms with van der Waals surface area (Å²) >= 11 is 0. The van der Waals surface area contributed by atoms with Crippen LogP contribution in [0.1, 0.15) is 16.8 Å². The highest BCUT2D eigenvalue weighted by atomic mass is 16.5. The van der Waals surface area contributed by atoms with Gasteiger partial charge in [-0.25, -0.2) is 0 Å². The van der Waals surface area contributed by atoms with Crippen molar-refractivity contribution in [1.29, 1.82) is 0 Å². The molecule has 0 bridgehead atoms. The lowest BCUT2D eigenvalue weighted by atomic mass is 9.92. The largest absolute Gasteiger partial charge is 0.472 e. The fraction of sp³-hybridized carbons (Fsp3) is 0.571. The van der Waals surface area contributed by atoms with Gasteiger partial charge in [-0.05, 0) is 12.5 Å². The molecule has 2 N–H and O–H groups in total. The molecule has 2 amide bonds. The number of hydrogen-bond donors (Lipinski definition) is 2. The van der Waals surface area contributed by atoms with Crippen LogP contribution in [0.15, 0.2) is 23.0 Å². The van der Waals surface area contributed by atoms with Gasteiger partial charge in [-0.3, -0.25) is 9.59 Å². The lowest BCUT2D eigenvalue weighted by molar-refractivity contribution is -0.126. The van der Waals surface area contributed by atoms with E-state index in [2.05, 4.69) is 5.32 Å². The molecule has 1 aromatic rings. The SMILES string of the molecule is COCC(=O)N[C@@H]1CN(C(=O)c2ccoc2)CC[C@@H]1CO. The van der Waals surface area contributed by atoms with Crippen molar-refractivity contribution >= 4 is 11.8 Å². The molecular weight excluding hydrogens is 276 g/mol. The van der Waals surface area contributed by atoms with E-state index in [0.717, 1.165) is 0 Å². The highest BCUT2D eigenvalue weighted by molar-refractivity contribution is 5.94. The summed E-state index contributed by atoms with van der Waals surface area (Å²) in [5.74, 6) is -0.441. The minimum atomic E-state index is -0.276. The minimum Gasteiger partial charge on any atom is -0.472 e. The first-order valence-electron chi connectivity index (χ1n) is 6.86. The zero-order valence-corrected chi connectivity index (χ0v) is 11.9. The van der Waals surface area contributed by atoms with E-state index in [-0.39, 0.29) is 37.0 Å². The molecule has 1 aromatic heterocycles. The molecule has 1 aliphatic heterocycles. The van der Waals surface area contributed by atoms with Gasteiger partial charge in [-0.2, -0.15) is 0 Å². The van der Waals surface area contributed by atoms with Crippen molar-refractivity contribution < 1.29 is 23.8 Å². The van der Waals surface area contributed by atoms with Gasteiger partial charge in [0.1, 0.15) is 12.9 Å². The van der Waals surface area contributed by atoms with E-state index in [1.165, 1.54) is 19.6 Å². The number of carbonyl (C=O) groups is 2. The van der Waals surface area contributed by atoms with Gasteiger partial charge in [0.2, 0.25) is 5.91 Å². The van der Waals surface area contributed by atoms with Gasteiger partial charge in [0, 0.05) is 32.7 Å². The Balaban J connectivity index is 2.00. The van der Waals surface area contributed by atoms with Crippen LogP contribution in [0.25, 0.3) is 0 Å². The van der Waals surface area contributed by atoms with Crippen molar-refractivity contribution in [2.45, 2.75) is 12.5 Å². The van der Waals surface area contributed by atoms with E-state index in [4.69, 9.17) is 9.15 Å². The number of amides is 2. The summed E-state index contributed by atoms with van der Waals surface area (Å²) in [5, 5.41) is 12.2. The first kappa shape index (κ1) is 15.5. The zero-order chi connectivity index (χ0) is 15.2. The number of aliphatic hydroxyl groups is 1. The molecule has 0 spiro atoms. The lowest BCUT2D eigenvalue weighted by Crippen LogP contribution is -2.55. The second kappa shape index (κ2) is 7.24. The molecule has 0 saturated carbocycles. The maximum atomic E-state index is 12.3. The first-order chi connectivity index (χ1) is 10.2. The molecule has 1 fully saturated rings. The predicted molar refractivity (Wildman–Crippen MR) is 73.6 cm³/mol. The van der Waals surface area contributed by atoms with Gasteiger partial charge in [0.05, 0.1) is 17.9 Å². The number of furan rings is 1. The quantitative estimate of drug-likeness (QED) is 0.789. The number of nitrogens with one attached hydrogen (secondary N) is 1. The topological polar surface area (TPSA) is 92.0 Å². The molecule has 2 atom stereocenters. The molecular formula is C14H20N2O5. The molecule has 1 aliphatic rings. The van der Waals surface area contributed by atoms with Crippen molar-refractivity contribution in [1.82, 2.24) is 10.2 Å². The molecule has 116 valence electrons. The minimum absolute atomic E-state index is 0.0222. The second-order valence-corrected chi connectivity index (χ2v) is 5.10. The second-order valence-electron chi connectivity index (χ2n) is 5.10. The Hall–Kier alpha value is -1.86. The average molecular weight is 296 g/mol. The number of rotatable bonds is 5. The Morgan fingerprint density at radius 2 is 2.38 bits per heavy atom. The van der Waals surface area contributed by atoms with Crippen molar-refractivity contribution in [2.75, 3.05) is 33.4 Å². The zero-order valence-electron chi connectivity index (χ0n) is 11.9. The molecule has 0 aliphatic carbocycles. The molecule has 0 radical (unpaired) electrons. The van der Waals surface area contributed by atoms with Gasteiger partial charge in [-0.15, -0.1) is 0 Å². The Kier molecular flexibility index (Phi) is 5.35. The molecule has 1 saturated heterocycles. The predicted octanol–water partition coefficient (Wildman–Crippen LogP) is -0.135. The number of carbonyl (C=O) groups excluding carboxylic acids is 2. The van der Waals surface area contributed by atoms with Gasteiger partial charge in [-0.1, -0.05) is 0 Å². The molecule has 2 heterocycles. The van der Waals surface area contributed by atoms with Crippen LogP contribution in [-0.4, -0.2) is 61.3 Å². The van der Waals surface area contributed by atoms with Crippen LogP contribution in [0, 0.1) is 5.92 Å². The number of methoxy groups -OCH3 is 1. The standard InChI is InChI=1S/C14H20N2O5/c1-20-9-13(18)15-12-6-16(4-2-10(12)7-17)14(19)11-3-5-21-8-11/h3,5,8,10,12,17H,2,4,6-7,9H2,1H3,(H,15,18)/t10-,12-/m1/s1. The maximum absolute atomic E-state index is 12.3. The van der Waals surface area contributed by atoms with Crippen molar-refractivity contribution in [3.63, 3.8) is 0 Å². The fourth-order valence-electron chi connectivity index (χ4n) is 2.52. The molecule has 2 rings (SSSR count). The van der Waals surface area contributed by atoms with Crippen LogP contribution < -0.4 is 5.32 Å². The number of nitrogens with zero attached hydrogens (tertiary/aromatic N) is 1. The summed E-state index contributed by atoms with van der Waals surface area (Å²) in [4.78, 5) is 25.6.